The van der Waals surface area contributed by atoms with Crippen molar-refractivity contribution in [1.82, 2.24) is 5.32 Å². The Balaban J connectivity index is 2.85. The second-order valence-electron chi connectivity index (χ2n) is 5.49. The highest BCUT2D eigenvalue weighted by Crippen LogP contribution is 2.30. The zero-order valence-corrected chi connectivity index (χ0v) is 13.6. The minimum atomic E-state index is -0.960. The Kier molecular flexibility index (Phi) is 7.54. The first-order chi connectivity index (χ1) is 9.95. The fraction of sp³-hybridized carbons (Fsp3) is 0.562. The summed E-state index contributed by atoms with van der Waals surface area (Å²) < 4.78 is 5.66. The van der Waals surface area contributed by atoms with Gasteiger partial charge in [-0.25, -0.2) is 4.79 Å². The van der Waals surface area contributed by atoms with Gasteiger partial charge in [-0.2, -0.15) is 0 Å². The Hall–Kier alpha value is -1.26. The molecule has 1 aromatic rings. The van der Waals surface area contributed by atoms with Crippen LogP contribution in [-0.4, -0.2) is 23.7 Å². The summed E-state index contributed by atoms with van der Waals surface area (Å²) in [6.45, 7) is 7.67. The van der Waals surface area contributed by atoms with Crippen molar-refractivity contribution >= 4 is 17.6 Å². The van der Waals surface area contributed by atoms with Crippen molar-refractivity contribution in [3.63, 3.8) is 0 Å². The van der Waals surface area contributed by atoms with E-state index in [0.717, 1.165) is 18.5 Å². The van der Waals surface area contributed by atoms with E-state index in [1.807, 2.05) is 19.1 Å². The SMILES string of the molecule is CCCC(Oc1c(Cl)cccc1CNCC(C)C)C(=O)O. The molecule has 0 bridgehead atoms. The molecule has 1 unspecified atom stereocenters. The average molecular weight is 314 g/mol. The predicted molar refractivity (Wildman–Crippen MR) is 85.0 cm³/mol. The molecule has 0 aliphatic rings. The van der Waals surface area contributed by atoms with Crippen LogP contribution in [0.4, 0.5) is 0 Å². The van der Waals surface area contributed by atoms with Crippen molar-refractivity contribution < 1.29 is 14.6 Å². The number of benzene rings is 1. The summed E-state index contributed by atoms with van der Waals surface area (Å²) in [5, 5.41) is 13.0. The Bertz CT molecular complexity index is 463. The highest BCUT2D eigenvalue weighted by Gasteiger charge is 2.21. The normalized spacial score (nSPS) is 12.4. The van der Waals surface area contributed by atoms with E-state index in [2.05, 4.69) is 19.2 Å². The molecular weight excluding hydrogens is 290 g/mol. The third-order valence-electron chi connectivity index (χ3n) is 3.00. The van der Waals surface area contributed by atoms with Crippen molar-refractivity contribution in [2.24, 2.45) is 5.92 Å². The molecule has 0 amide bonds. The first kappa shape index (κ1) is 17.8. The van der Waals surface area contributed by atoms with Gasteiger partial charge in [-0.15, -0.1) is 0 Å². The lowest BCUT2D eigenvalue weighted by molar-refractivity contribution is -0.145. The minimum absolute atomic E-state index is 0.446. The topological polar surface area (TPSA) is 58.6 Å². The van der Waals surface area contributed by atoms with Gasteiger partial charge in [0.25, 0.3) is 0 Å². The van der Waals surface area contributed by atoms with E-state index in [1.54, 1.807) is 6.07 Å². The van der Waals surface area contributed by atoms with Crippen LogP contribution in [-0.2, 0) is 11.3 Å². The van der Waals surface area contributed by atoms with Crippen molar-refractivity contribution in [1.29, 1.82) is 0 Å². The molecule has 2 N–H and O–H groups in total. The molecule has 0 fully saturated rings. The van der Waals surface area contributed by atoms with Crippen LogP contribution >= 0.6 is 11.6 Å². The van der Waals surface area contributed by atoms with Crippen LogP contribution < -0.4 is 10.1 Å². The van der Waals surface area contributed by atoms with Gasteiger partial charge in [-0.3, -0.25) is 0 Å². The van der Waals surface area contributed by atoms with Crippen LogP contribution in [0.5, 0.6) is 5.75 Å². The second kappa shape index (κ2) is 8.90. The molecule has 0 aliphatic heterocycles. The monoisotopic (exact) mass is 313 g/mol. The standard InChI is InChI=1S/C16H24ClNO3/c1-4-6-14(16(19)20)21-15-12(7-5-8-13(15)17)10-18-9-11(2)3/h5,7-8,11,14,18H,4,6,9-10H2,1-3H3,(H,19,20). The lowest BCUT2D eigenvalue weighted by Gasteiger charge is -2.19. The van der Waals surface area contributed by atoms with Crippen LogP contribution in [0.1, 0.15) is 39.2 Å². The van der Waals surface area contributed by atoms with E-state index < -0.39 is 12.1 Å². The van der Waals surface area contributed by atoms with Crippen LogP contribution in [0, 0.1) is 5.92 Å². The maximum Gasteiger partial charge on any atom is 0.344 e. The van der Waals surface area contributed by atoms with E-state index in [9.17, 15) is 9.90 Å². The van der Waals surface area contributed by atoms with Crippen molar-refractivity contribution in [2.45, 2.75) is 46.3 Å². The lowest BCUT2D eigenvalue weighted by atomic mass is 10.1. The van der Waals surface area contributed by atoms with E-state index in [0.29, 0.717) is 29.7 Å². The number of carboxylic acids is 1. The molecule has 1 aromatic carbocycles. The fourth-order valence-electron chi connectivity index (χ4n) is 1.96. The first-order valence-electron chi connectivity index (χ1n) is 7.33. The quantitative estimate of drug-likeness (QED) is 0.729. The van der Waals surface area contributed by atoms with Crippen molar-refractivity contribution in [2.75, 3.05) is 6.54 Å². The fourth-order valence-corrected chi connectivity index (χ4v) is 2.20. The number of hydrogen-bond donors (Lipinski definition) is 2. The number of aliphatic carboxylic acids is 1. The lowest BCUT2D eigenvalue weighted by Crippen LogP contribution is -2.28. The first-order valence-corrected chi connectivity index (χ1v) is 7.71. The number of para-hydroxylation sites is 1. The summed E-state index contributed by atoms with van der Waals surface area (Å²) in [5.74, 6) is 0.0505. The highest BCUT2D eigenvalue weighted by atomic mass is 35.5. The maximum atomic E-state index is 11.2. The Labute approximate surface area is 131 Å². The second-order valence-corrected chi connectivity index (χ2v) is 5.89. The predicted octanol–water partition coefficient (Wildman–Crippen LogP) is 3.72. The number of carbonyl (C=O) groups is 1. The molecular formula is C16H24ClNO3. The van der Waals surface area contributed by atoms with Crippen LogP contribution in [0.3, 0.4) is 0 Å². The summed E-state index contributed by atoms with van der Waals surface area (Å²) in [6, 6.07) is 5.46. The van der Waals surface area contributed by atoms with Crippen molar-refractivity contribution in [3.8, 4) is 5.75 Å². The van der Waals surface area contributed by atoms with Crippen LogP contribution in [0.2, 0.25) is 5.02 Å². The summed E-state index contributed by atoms with van der Waals surface area (Å²) in [4.78, 5) is 11.2. The van der Waals surface area contributed by atoms with Gasteiger partial charge in [0.1, 0.15) is 5.75 Å². The molecule has 0 aromatic heterocycles. The van der Waals surface area contributed by atoms with E-state index in [-0.39, 0.29) is 0 Å². The summed E-state index contributed by atoms with van der Waals surface area (Å²) >= 11 is 6.17. The smallest absolute Gasteiger partial charge is 0.344 e. The van der Waals surface area contributed by atoms with Gasteiger partial charge in [-0.05, 0) is 24.9 Å². The average Bonchev–Trinajstić information content (AvgIpc) is 2.40. The van der Waals surface area contributed by atoms with E-state index in [4.69, 9.17) is 16.3 Å². The molecule has 0 radical (unpaired) electrons. The summed E-state index contributed by atoms with van der Waals surface area (Å²) in [6.07, 6.45) is 0.334. The van der Waals surface area contributed by atoms with Gasteiger partial charge in [0.05, 0.1) is 5.02 Å². The number of carboxylic acid groups (broad SMARTS) is 1. The molecule has 0 heterocycles. The van der Waals surface area contributed by atoms with E-state index in [1.165, 1.54) is 0 Å². The molecule has 4 nitrogen and oxygen atoms in total. The summed E-state index contributed by atoms with van der Waals surface area (Å²) in [7, 11) is 0. The van der Waals surface area contributed by atoms with Crippen LogP contribution in [0.25, 0.3) is 0 Å². The molecule has 21 heavy (non-hydrogen) atoms. The van der Waals surface area contributed by atoms with Gasteiger partial charge in [0.15, 0.2) is 6.10 Å². The Morgan fingerprint density at radius 3 is 2.71 bits per heavy atom. The van der Waals surface area contributed by atoms with Gasteiger partial charge in [-0.1, -0.05) is 50.9 Å². The number of hydrogen-bond acceptors (Lipinski definition) is 3. The number of rotatable bonds is 9. The Morgan fingerprint density at radius 1 is 1.43 bits per heavy atom. The molecule has 0 spiro atoms. The number of halogens is 1. The third kappa shape index (κ3) is 5.94. The Morgan fingerprint density at radius 2 is 2.14 bits per heavy atom. The van der Waals surface area contributed by atoms with Crippen LogP contribution in [0.15, 0.2) is 18.2 Å². The number of nitrogens with one attached hydrogen (secondary N) is 1. The molecule has 0 saturated heterocycles. The maximum absolute atomic E-state index is 11.2. The van der Waals surface area contributed by atoms with Gasteiger partial charge in [0, 0.05) is 12.1 Å². The van der Waals surface area contributed by atoms with E-state index >= 15 is 0 Å². The third-order valence-corrected chi connectivity index (χ3v) is 3.30. The zero-order chi connectivity index (χ0) is 15.8. The van der Waals surface area contributed by atoms with Gasteiger partial charge < -0.3 is 15.2 Å². The number of ether oxygens (including phenoxy) is 1. The molecule has 0 saturated carbocycles. The largest absolute Gasteiger partial charge is 0.479 e. The van der Waals surface area contributed by atoms with Gasteiger partial charge in [0.2, 0.25) is 0 Å². The van der Waals surface area contributed by atoms with Gasteiger partial charge >= 0.3 is 5.97 Å². The van der Waals surface area contributed by atoms with Crippen molar-refractivity contribution in [3.05, 3.63) is 28.8 Å². The highest BCUT2D eigenvalue weighted by molar-refractivity contribution is 6.32. The zero-order valence-electron chi connectivity index (χ0n) is 12.9. The minimum Gasteiger partial charge on any atom is -0.479 e. The molecule has 0 aliphatic carbocycles. The molecule has 118 valence electrons. The molecule has 5 heteroatoms. The summed E-state index contributed by atoms with van der Waals surface area (Å²) in [5.41, 5.74) is 0.880. The molecule has 1 atom stereocenters. The molecule has 1 rings (SSSR count).